The van der Waals surface area contributed by atoms with Crippen LogP contribution in [0.5, 0.6) is 0 Å². The van der Waals surface area contributed by atoms with Gasteiger partial charge in [0.2, 0.25) is 11.8 Å². The van der Waals surface area contributed by atoms with Gasteiger partial charge >= 0.3 is 0 Å². The second-order valence-corrected chi connectivity index (χ2v) is 5.04. The maximum atomic E-state index is 12.1. The second-order valence-electron chi connectivity index (χ2n) is 5.04. The third-order valence-electron chi connectivity index (χ3n) is 3.55. The molecule has 120 valence electrons. The summed E-state index contributed by atoms with van der Waals surface area (Å²) in [5.74, 6) is -0.111. The molecule has 0 spiro atoms. The molecule has 0 fully saturated rings. The Bertz CT molecular complexity index is 560. The molecule has 0 radical (unpaired) electrons. The van der Waals surface area contributed by atoms with Gasteiger partial charge in [-0.05, 0) is 24.3 Å². The molecule has 6 heteroatoms. The van der Waals surface area contributed by atoms with Crippen LogP contribution in [0.15, 0.2) is 30.5 Å². The largest absolute Gasteiger partial charge is 0.355 e. The summed E-state index contributed by atoms with van der Waals surface area (Å²) in [5.41, 5.74) is 2.07. The van der Waals surface area contributed by atoms with E-state index in [4.69, 9.17) is 0 Å². The number of nitrogens with zero attached hydrogens (tertiary/aromatic N) is 1. The SMILES string of the molecule is CNCCNC(=O)CC1c2ccccc2C=CN1C(C)=O.Cl. The lowest BCUT2D eigenvalue weighted by Gasteiger charge is -2.32. The number of halogens is 1. The standard InChI is InChI=1S/C16H21N3O2.ClH/c1-12(20)19-10-7-13-5-3-4-6-14(13)15(19)11-16(21)18-9-8-17-2;/h3-7,10,15,17H,8-9,11H2,1-2H3,(H,18,21);1H. The van der Waals surface area contributed by atoms with Crippen LogP contribution in [0.25, 0.3) is 6.08 Å². The lowest BCUT2D eigenvalue weighted by atomic mass is 9.93. The summed E-state index contributed by atoms with van der Waals surface area (Å²) in [5, 5.41) is 5.84. The van der Waals surface area contributed by atoms with E-state index in [-0.39, 0.29) is 36.7 Å². The summed E-state index contributed by atoms with van der Waals surface area (Å²) < 4.78 is 0. The van der Waals surface area contributed by atoms with E-state index in [9.17, 15) is 9.59 Å². The highest BCUT2D eigenvalue weighted by molar-refractivity contribution is 5.85. The lowest BCUT2D eigenvalue weighted by Crippen LogP contribution is -2.36. The van der Waals surface area contributed by atoms with Crippen LogP contribution in [-0.4, -0.2) is 36.9 Å². The van der Waals surface area contributed by atoms with Gasteiger partial charge in [0.25, 0.3) is 0 Å². The molecule has 0 aromatic heterocycles. The third-order valence-corrected chi connectivity index (χ3v) is 3.55. The fourth-order valence-electron chi connectivity index (χ4n) is 2.49. The van der Waals surface area contributed by atoms with Crippen molar-refractivity contribution in [3.63, 3.8) is 0 Å². The van der Waals surface area contributed by atoms with Gasteiger partial charge in [0.1, 0.15) is 0 Å². The Labute approximate surface area is 137 Å². The highest BCUT2D eigenvalue weighted by atomic mass is 35.5. The van der Waals surface area contributed by atoms with E-state index in [1.54, 1.807) is 11.1 Å². The third kappa shape index (κ3) is 4.32. The lowest BCUT2D eigenvalue weighted by molar-refractivity contribution is -0.129. The predicted octanol–water partition coefficient (Wildman–Crippen LogP) is 1.71. The van der Waals surface area contributed by atoms with Crippen molar-refractivity contribution in [1.29, 1.82) is 0 Å². The number of amides is 2. The van der Waals surface area contributed by atoms with Gasteiger partial charge < -0.3 is 15.5 Å². The fraction of sp³-hybridized carbons (Fsp3) is 0.375. The number of hydrogen-bond acceptors (Lipinski definition) is 3. The molecule has 0 aliphatic carbocycles. The zero-order valence-electron chi connectivity index (χ0n) is 12.8. The molecule has 1 unspecified atom stereocenters. The van der Waals surface area contributed by atoms with Crippen molar-refractivity contribution in [2.24, 2.45) is 0 Å². The highest BCUT2D eigenvalue weighted by Gasteiger charge is 2.27. The number of nitrogens with one attached hydrogen (secondary N) is 2. The second kappa shape index (κ2) is 8.56. The van der Waals surface area contributed by atoms with Crippen LogP contribution in [0.3, 0.4) is 0 Å². The molecule has 5 nitrogen and oxygen atoms in total. The number of benzene rings is 1. The first-order chi connectivity index (χ1) is 10.1. The van der Waals surface area contributed by atoms with Crippen LogP contribution in [0, 0.1) is 0 Å². The van der Waals surface area contributed by atoms with Gasteiger partial charge in [-0.2, -0.15) is 0 Å². The summed E-state index contributed by atoms with van der Waals surface area (Å²) in [7, 11) is 1.84. The number of rotatable bonds is 5. The van der Waals surface area contributed by atoms with Crippen molar-refractivity contribution in [1.82, 2.24) is 15.5 Å². The monoisotopic (exact) mass is 323 g/mol. The van der Waals surface area contributed by atoms with Crippen molar-refractivity contribution in [3.8, 4) is 0 Å². The Kier molecular flexibility index (Phi) is 7.08. The van der Waals surface area contributed by atoms with Crippen LogP contribution < -0.4 is 10.6 Å². The van der Waals surface area contributed by atoms with E-state index in [1.807, 2.05) is 37.4 Å². The van der Waals surface area contributed by atoms with Crippen LogP contribution in [0.1, 0.15) is 30.5 Å². The summed E-state index contributed by atoms with van der Waals surface area (Å²) in [4.78, 5) is 25.5. The molecule has 1 aromatic carbocycles. The topological polar surface area (TPSA) is 61.4 Å². The molecule has 1 aromatic rings. The zero-order valence-corrected chi connectivity index (χ0v) is 13.7. The Morgan fingerprint density at radius 3 is 2.64 bits per heavy atom. The number of carbonyl (C=O) groups is 2. The van der Waals surface area contributed by atoms with Crippen LogP contribution in [0.2, 0.25) is 0 Å². The highest BCUT2D eigenvalue weighted by Crippen LogP contribution is 2.32. The molecule has 1 atom stereocenters. The number of hydrogen-bond donors (Lipinski definition) is 2. The molecule has 2 amide bonds. The van der Waals surface area contributed by atoms with Crippen LogP contribution in [0.4, 0.5) is 0 Å². The zero-order chi connectivity index (χ0) is 15.2. The van der Waals surface area contributed by atoms with Gasteiger partial charge in [0, 0.05) is 26.2 Å². The number of likely N-dealkylation sites (N-methyl/N-ethyl adjacent to an activating group) is 1. The van der Waals surface area contributed by atoms with Gasteiger partial charge in [0.05, 0.1) is 12.5 Å². The Morgan fingerprint density at radius 1 is 1.23 bits per heavy atom. The summed E-state index contributed by atoms with van der Waals surface area (Å²) in [6.45, 7) is 2.83. The quantitative estimate of drug-likeness (QED) is 0.811. The molecule has 0 bridgehead atoms. The van der Waals surface area contributed by atoms with Crippen LogP contribution in [-0.2, 0) is 9.59 Å². The van der Waals surface area contributed by atoms with Gasteiger partial charge in [0.15, 0.2) is 0 Å². The molecule has 1 aliphatic rings. The van der Waals surface area contributed by atoms with Gasteiger partial charge in [-0.25, -0.2) is 0 Å². The normalized spacial score (nSPS) is 15.7. The van der Waals surface area contributed by atoms with Gasteiger partial charge in [-0.1, -0.05) is 24.3 Å². The van der Waals surface area contributed by atoms with Crippen molar-refractivity contribution in [2.75, 3.05) is 20.1 Å². The van der Waals surface area contributed by atoms with E-state index < -0.39 is 0 Å². The molecule has 0 saturated heterocycles. The molecule has 2 rings (SSSR count). The average molecular weight is 324 g/mol. The smallest absolute Gasteiger partial charge is 0.223 e. The summed E-state index contributed by atoms with van der Waals surface area (Å²) in [6, 6.07) is 7.62. The first-order valence-corrected chi connectivity index (χ1v) is 7.11. The summed E-state index contributed by atoms with van der Waals surface area (Å²) >= 11 is 0. The van der Waals surface area contributed by atoms with Gasteiger partial charge in [-0.3, -0.25) is 9.59 Å². The fourth-order valence-corrected chi connectivity index (χ4v) is 2.49. The predicted molar refractivity (Wildman–Crippen MR) is 89.5 cm³/mol. The van der Waals surface area contributed by atoms with E-state index in [0.717, 1.165) is 17.7 Å². The summed E-state index contributed by atoms with van der Waals surface area (Å²) in [6.07, 6.45) is 3.94. The number of fused-ring (bicyclic) bond motifs is 1. The Hall–Kier alpha value is -1.85. The molecule has 1 heterocycles. The Balaban J connectivity index is 0.00000242. The first kappa shape index (κ1) is 18.2. The van der Waals surface area contributed by atoms with Crippen molar-refractivity contribution >= 4 is 30.3 Å². The maximum absolute atomic E-state index is 12.1. The molecule has 1 aliphatic heterocycles. The van der Waals surface area contributed by atoms with Gasteiger partial charge in [-0.15, -0.1) is 12.4 Å². The minimum atomic E-state index is -0.238. The molecule has 2 N–H and O–H groups in total. The van der Waals surface area contributed by atoms with E-state index in [2.05, 4.69) is 10.6 Å². The molecular formula is C16H22ClN3O2. The Morgan fingerprint density at radius 2 is 1.95 bits per heavy atom. The van der Waals surface area contributed by atoms with E-state index in [0.29, 0.717) is 6.54 Å². The maximum Gasteiger partial charge on any atom is 0.223 e. The molecule has 22 heavy (non-hydrogen) atoms. The first-order valence-electron chi connectivity index (χ1n) is 7.11. The minimum Gasteiger partial charge on any atom is -0.355 e. The molecule has 0 saturated carbocycles. The van der Waals surface area contributed by atoms with Crippen molar-refractivity contribution < 1.29 is 9.59 Å². The van der Waals surface area contributed by atoms with E-state index >= 15 is 0 Å². The number of carbonyl (C=O) groups excluding carboxylic acids is 2. The molecular weight excluding hydrogens is 302 g/mol. The van der Waals surface area contributed by atoms with Crippen LogP contribution >= 0.6 is 12.4 Å². The average Bonchev–Trinajstić information content (AvgIpc) is 2.47. The van der Waals surface area contributed by atoms with Crippen molar-refractivity contribution in [2.45, 2.75) is 19.4 Å². The van der Waals surface area contributed by atoms with Crippen molar-refractivity contribution in [3.05, 3.63) is 41.6 Å². The minimum absolute atomic E-state index is 0. The van der Waals surface area contributed by atoms with E-state index in [1.165, 1.54) is 6.92 Å².